The first kappa shape index (κ1) is 15.8. The summed E-state index contributed by atoms with van der Waals surface area (Å²) in [6.07, 6.45) is 0.992. The van der Waals surface area contributed by atoms with E-state index in [1.807, 2.05) is 19.1 Å². The van der Waals surface area contributed by atoms with Gasteiger partial charge in [-0.3, -0.25) is 0 Å². The number of esters is 1. The number of ether oxygens (including phenoxy) is 2. The average molecular weight is 319 g/mol. The van der Waals surface area contributed by atoms with Crippen LogP contribution in [0, 0.1) is 6.92 Å². The molecule has 0 saturated carbocycles. The Bertz CT molecular complexity index is 659. The fourth-order valence-corrected chi connectivity index (χ4v) is 3.22. The molecular formula is C17H21NO5. The molecule has 1 aromatic carbocycles. The Labute approximate surface area is 135 Å². The van der Waals surface area contributed by atoms with E-state index in [1.54, 1.807) is 25.3 Å². The maximum absolute atomic E-state index is 12.4. The second-order valence-corrected chi connectivity index (χ2v) is 5.92. The third-order valence-corrected chi connectivity index (χ3v) is 4.57. The summed E-state index contributed by atoms with van der Waals surface area (Å²) in [5.41, 5.74) is 0.803. The smallest absolute Gasteiger partial charge is 0.343 e. The Morgan fingerprint density at radius 3 is 2.57 bits per heavy atom. The molecule has 23 heavy (non-hydrogen) atoms. The molecule has 0 aliphatic carbocycles. The van der Waals surface area contributed by atoms with Crippen molar-refractivity contribution in [2.45, 2.75) is 25.4 Å². The van der Waals surface area contributed by atoms with Crippen molar-refractivity contribution in [3.05, 3.63) is 35.1 Å². The molecule has 0 radical (unpaired) electrons. The van der Waals surface area contributed by atoms with Gasteiger partial charge in [-0.1, -0.05) is 11.6 Å². The van der Waals surface area contributed by atoms with E-state index in [9.17, 15) is 9.90 Å². The molecule has 0 atom stereocenters. The predicted molar refractivity (Wildman–Crippen MR) is 83.9 cm³/mol. The van der Waals surface area contributed by atoms with Gasteiger partial charge in [0.15, 0.2) is 11.4 Å². The Balaban J connectivity index is 2.02. The molecule has 2 heterocycles. The lowest BCUT2D eigenvalue weighted by Crippen LogP contribution is -2.45. The van der Waals surface area contributed by atoms with Crippen molar-refractivity contribution in [3.8, 4) is 5.75 Å². The summed E-state index contributed by atoms with van der Waals surface area (Å²) in [6.45, 7) is 3.10. The minimum atomic E-state index is -0.948. The Hall–Kier alpha value is -2.05. The number of carbonyl (C=O) groups is 1. The van der Waals surface area contributed by atoms with Gasteiger partial charge in [0, 0.05) is 31.5 Å². The van der Waals surface area contributed by atoms with E-state index in [0.717, 1.165) is 5.56 Å². The number of rotatable bonds is 3. The van der Waals surface area contributed by atoms with E-state index in [2.05, 4.69) is 0 Å². The van der Waals surface area contributed by atoms with Crippen molar-refractivity contribution in [2.24, 2.45) is 0 Å². The molecule has 124 valence electrons. The van der Waals surface area contributed by atoms with E-state index in [4.69, 9.17) is 14.3 Å². The van der Waals surface area contributed by atoms with Crippen LogP contribution >= 0.6 is 0 Å². The van der Waals surface area contributed by atoms with Crippen LogP contribution in [0.25, 0.3) is 5.57 Å². The lowest BCUT2D eigenvalue weighted by atomic mass is 9.88. The summed E-state index contributed by atoms with van der Waals surface area (Å²) in [5.74, 6) is 0.0416. The van der Waals surface area contributed by atoms with E-state index >= 15 is 0 Å². The zero-order valence-corrected chi connectivity index (χ0v) is 13.6. The highest BCUT2D eigenvalue weighted by atomic mass is 16.7. The third kappa shape index (κ3) is 2.58. The highest BCUT2D eigenvalue weighted by molar-refractivity contribution is 6.20. The van der Waals surface area contributed by atoms with Gasteiger partial charge in [-0.2, -0.15) is 5.06 Å². The summed E-state index contributed by atoms with van der Waals surface area (Å²) >= 11 is 0. The molecule has 1 saturated heterocycles. The molecule has 1 fully saturated rings. The molecule has 0 unspecified atom stereocenters. The number of piperidine rings is 1. The van der Waals surface area contributed by atoms with Crippen molar-refractivity contribution in [3.63, 3.8) is 0 Å². The van der Waals surface area contributed by atoms with Crippen LogP contribution in [0.3, 0.4) is 0 Å². The highest BCUT2D eigenvalue weighted by Gasteiger charge is 2.50. The summed E-state index contributed by atoms with van der Waals surface area (Å²) in [6, 6.07) is 5.51. The van der Waals surface area contributed by atoms with E-state index < -0.39 is 11.6 Å². The van der Waals surface area contributed by atoms with Crippen LogP contribution in [0.15, 0.2) is 24.0 Å². The summed E-state index contributed by atoms with van der Waals surface area (Å²) < 4.78 is 10.9. The maximum Gasteiger partial charge on any atom is 0.343 e. The van der Waals surface area contributed by atoms with E-state index in [0.29, 0.717) is 37.2 Å². The van der Waals surface area contributed by atoms with Gasteiger partial charge in [-0.15, -0.1) is 0 Å². The van der Waals surface area contributed by atoms with Crippen LogP contribution in [0.5, 0.6) is 5.75 Å². The average Bonchev–Trinajstić information content (AvgIpc) is 2.78. The molecular weight excluding hydrogens is 298 g/mol. The Kier molecular flexibility index (Phi) is 4.04. The largest absolute Gasteiger partial charge is 0.507 e. The highest BCUT2D eigenvalue weighted by Crippen LogP contribution is 2.44. The Morgan fingerprint density at radius 2 is 1.96 bits per heavy atom. The van der Waals surface area contributed by atoms with Gasteiger partial charge in [0.05, 0.1) is 14.2 Å². The van der Waals surface area contributed by atoms with Gasteiger partial charge in [-0.05, 0) is 19.1 Å². The van der Waals surface area contributed by atoms with Gasteiger partial charge < -0.3 is 19.4 Å². The predicted octanol–water partition coefficient (Wildman–Crippen LogP) is 2.23. The number of methoxy groups -OCH3 is 1. The summed E-state index contributed by atoms with van der Waals surface area (Å²) in [7, 11) is 3.15. The number of aliphatic hydroxyl groups excluding tert-OH is 1. The number of aryl methyl sites for hydroxylation is 1. The first-order chi connectivity index (χ1) is 11.0. The fraction of sp³-hybridized carbons (Fsp3) is 0.471. The van der Waals surface area contributed by atoms with Crippen molar-refractivity contribution < 1.29 is 24.2 Å². The third-order valence-electron chi connectivity index (χ3n) is 4.57. The normalized spacial score (nSPS) is 20.9. The number of carbonyl (C=O) groups excluding carboxylic acids is 1. The van der Waals surface area contributed by atoms with Crippen LogP contribution in [0.4, 0.5) is 0 Å². The number of hydrogen-bond acceptors (Lipinski definition) is 6. The molecule has 1 spiro atoms. The number of hydroxylamine groups is 2. The molecule has 0 amide bonds. The van der Waals surface area contributed by atoms with Crippen LogP contribution in [0.1, 0.15) is 24.0 Å². The quantitative estimate of drug-likeness (QED) is 0.862. The van der Waals surface area contributed by atoms with Crippen LogP contribution in [-0.4, -0.2) is 49.0 Å². The number of benzene rings is 1. The van der Waals surface area contributed by atoms with Crippen LogP contribution in [0.2, 0.25) is 0 Å². The monoisotopic (exact) mass is 319 g/mol. The molecule has 1 aromatic rings. The topological polar surface area (TPSA) is 68.2 Å². The second kappa shape index (κ2) is 5.86. The number of nitrogens with zero attached hydrogens (tertiary/aromatic N) is 1. The van der Waals surface area contributed by atoms with E-state index in [1.165, 1.54) is 0 Å². The first-order valence-electron chi connectivity index (χ1n) is 7.62. The van der Waals surface area contributed by atoms with Gasteiger partial charge in [-0.25, -0.2) is 4.79 Å². The van der Waals surface area contributed by atoms with Gasteiger partial charge in [0.1, 0.15) is 11.3 Å². The van der Waals surface area contributed by atoms with Crippen molar-refractivity contribution >= 4 is 11.5 Å². The SMILES string of the molecule is COc1ccc(C)cc1C1=C(O)C2(CCN(OC)CC2)OC1=O. The van der Waals surface area contributed by atoms with Crippen LogP contribution < -0.4 is 4.74 Å². The fourth-order valence-electron chi connectivity index (χ4n) is 3.22. The molecule has 1 N–H and O–H groups in total. The van der Waals surface area contributed by atoms with Crippen molar-refractivity contribution in [1.82, 2.24) is 5.06 Å². The van der Waals surface area contributed by atoms with Crippen LogP contribution in [-0.2, 0) is 14.4 Å². The first-order valence-corrected chi connectivity index (χ1v) is 7.62. The molecule has 0 aromatic heterocycles. The van der Waals surface area contributed by atoms with Crippen molar-refractivity contribution in [1.29, 1.82) is 0 Å². The summed E-state index contributed by atoms with van der Waals surface area (Å²) in [4.78, 5) is 17.6. The zero-order valence-electron chi connectivity index (χ0n) is 13.6. The lowest BCUT2D eigenvalue weighted by molar-refractivity contribution is -0.182. The van der Waals surface area contributed by atoms with E-state index in [-0.39, 0.29) is 11.3 Å². The van der Waals surface area contributed by atoms with Crippen molar-refractivity contribution in [2.75, 3.05) is 27.3 Å². The minimum absolute atomic E-state index is 0.00199. The number of aliphatic hydroxyl groups is 1. The maximum atomic E-state index is 12.4. The summed E-state index contributed by atoms with van der Waals surface area (Å²) in [5, 5.41) is 12.6. The zero-order chi connectivity index (χ0) is 16.6. The van der Waals surface area contributed by atoms with Gasteiger partial charge >= 0.3 is 5.97 Å². The lowest BCUT2D eigenvalue weighted by Gasteiger charge is -2.36. The molecule has 6 nitrogen and oxygen atoms in total. The second-order valence-electron chi connectivity index (χ2n) is 5.92. The number of hydrogen-bond donors (Lipinski definition) is 1. The molecule has 2 aliphatic rings. The minimum Gasteiger partial charge on any atom is -0.507 e. The molecule has 3 rings (SSSR count). The van der Waals surface area contributed by atoms with Gasteiger partial charge in [0.25, 0.3) is 0 Å². The molecule has 2 aliphatic heterocycles. The molecule has 0 bridgehead atoms. The Morgan fingerprint density at radius 1 is 1.26 bits per heavy atom. The molecule has 6 heteroatoms. The standard InChI is InChI=1S/C17H21NO5/c1-11-4-5-13(21-2)12(10-11)14-15(19)17(23-16(14)20)6-8-18(22-3)9-7-17/h4-5,10,19H,6-9H2,1-3H3. The van der Waals surface area contributed by atoms with Gasteiger partial charge in [0.2, 0.25) is 0 Å².